The Hall–Kier alpha value is 5.31. The van der Waals surface area contributed by atoms with Gasteiger partial charge in [0.25, 0.3) is 0 Å². The molecule has 0 atom stereocenters. The van der Waals surface area contributed by atoms with Gasteiger partial charge in [-0.15, -0.1) is 0 Å². The molecule has 0 unspecified atom stereocenters. The molecule has 0 saturated heterocycles. The molecule has 1 radical (unpaired) electrons. The SMILES string of the molecule is ClC(Cl)(Cl)C(Cl)(Cl)C(Cl)(Cl)c1[c]c(C(Cl)(Cl)C(Cl)(Cl)C(Cl)(Cl)Cl)cc(C(Cl)(Cl)C(Cl)(Cl)C(Cl)(Cl)Cl)c1. The molecule has 21 heteroatoms. The summed E-state index contributed by atoms with van der Waals surface area (Å²) in [6, 6.07) is 4.56. The van der Waals surface area contributed by atoms with Crippen LogP contribution in [0.1, 0.15) is 16.7 Å². The Kier molecular flexibility index (Phi) is 13.4. The van der Waals surface area contributed by atoms with Crippen molar-refractivity contribution in [2.75, 3.05) is 0 Å². The van der Waals surface area contributed by atoms with E-state index in [1.807, 2.05) is 0 Å². The van der Waals surface area contributed by atoms with Gasteiger partial charge in [0.05, 0.1) is 0 Å². The second kappa shape index (κ2) is 12.2. The van der Waals surface area contributed by atoms with Gasteiger partial charge in [-0.05, 0) is 34.9 Å². The van der Waals surface area contributed by atoms with Crippen LogP contribution in [0.5, 0.6) is 0 Å². The van der Waals surface area contributed by atoms with Gasteiger partial charge in [0.2, 0.25) is 24.4 Å². The molecule has 1 rings (SSSR count). The van der Waals surface area contributed by atoms with Crippen LogP contribution >= 0.6 is 244 Å². The zero-order valence-corrected chi connectivity index (χ0v) is 31.5. The van der Waals surface area contributed by atoms with Crippen molar-refractivity contribution in [2.45, 2.75) is 37.4 Å². The Balaban J connectivity index is 4.21. The first kappa shape index (κ1) is 39.3. The monoisotopic (exact) mass is 916 g/mol. The molecule has 1 aromatic rings. The molecule has 0 saturated carbocycles. The van der Waals surface area contributed by atoms with Crippen molar-refractivity contribution in [3.63, 3.8) is 0 Å². The first-order valence-electron chi connectivity index (χ1n) is 7.87. The Morgan fingerprint density at radius 2 is 0.583 bits per heavy atom. The zero-order valence-electron chi connectivity index (χ0n) is 15.6. The predicted molar refractivity (Wildman–Crippen MR) is 170 cm³/mol. The highest BCUT2D eigenvalue weighted by Crippen LogP contribution is 2.65. The second-order valence-corrected chi connectivity index (χ2v) is 21.4. The van der Waals surface area contributed by atoms with Gasteiger partial charge in [0.1, 0.15) is 0 Å². The molecule has 0 nitrogen and oxygen atoms in total. The van der Waals surface area contributed by atoms with Crippen LogP contribution in [0.25, 0.3) is 0 Å². The molecule has 0 aliphatic heterocycles. The lowest BCUT2D eigenvalue weighted by Gasteiger charge is -2.42. The van der Waals surface area contributed by atoms with Crippen LogP contribution in [0.4, 0.5) is 0 Å². The number of hydrogen-bond donors (Lipinski definition) is 0. The average Bonchev–Trinajstić information content (AvgIpc) is 2.64. The van der Waals surface area contributed by atoms with Crippen LogP contribution in [0, 0.1) is 6.07 Å². The van der Waals surface area contributed by atoms with Gasteiger partial charge >= 0.3 is 0 Å². The largest absolute Gasteiger partial charge is 0.226 e. The van der Waals surface area contributed by atoms with Gasteiger partial charge < -0.3 is 0 Å². The number of alkyl halides is 21. The average molecular weight is 927 g/mol. The maximum Gasteiger partial charge on any atom is 0.226 e. The zero-order chi connectivity index (χ0) is 29.4. The first-order valence-corrected chi connectivity index (χ1v) is 15.8. The summed E-state index contributed by atoms with van der Waals surface area (Å²) in [5.74, 6) is 0. The quantitative estimate of drug-likeness (QED) is 0.249. The predicted octanol–water partition coefficient (Wildman–Crippen LogP) is 14.0. The summed E-state index contributed by atoms with van der Waals surface area (Å²) in [5, 5.41) is 0. The summed E-state index contributed by atoms with van der Waals surface area (Å²) in [6.45, 7) is 0. The smallest absolute Gasteiger partial charge is 0.0930 e. The number of hydrogen-bond acceptors (Lipinski definition) is 0. The summed E-state index contributed by atoms with van der Waals surface area (Å²) in [5.41, 5.74) is -1.30. The lowest BCUT2D eigenvalue weighted by Crippen LogP contribution is -2.48. The topological polar surface area (TPSA) is 0 Å². The minimum Gasteiger partial charge on any atom is -0.0930 e. The fourth-order valence-corrected chi connectivity index (χ4v) is 6.39. The molecule has 1 aromatic carbocycles. The van der Waals surface area contributed by atoms with Crippen molar-refractivity contribution in [1.82, 2.24) is 0 Å². The van der Waals surface area contributed by atoms with Crippen molar-refractivity contribution in [2.24, 2.45) is 0 Å². The molecule has 36 heavy (non-hydrogen) atoms. The first-order chi connectivity index (χ1) is 15.3. The lowest BCUT2D eigenvalue weighted by molar-refractivity contribution is 0.663. The maximum absolute atomic E-state index is 6.46. The van der Waals surface area contributed by atoms with Crippen molar-refractivity contribution in [1.29, 1.82) is 0 Å². The number of rotatable bonds is 6. The third kappa shape index (κ3) is 7.23. The molecular weight excluding hydrogens is 925 g/mol. The van der Waals surface area contributed by atoms with Gasteiger partial charge in [0.15, 0.2) is 13.0 Å². The van der Waals surface area contributed by atoms with E-state index >= 15 is 0 Å². The van der Waals surface area contributed by atoms with Crippen molar-refractivity contribution < 1.29 is 0 Å². The van der Waals surface area contributed by atoms with Gasteiger partial charge in [0, 0.05) is 0 Å². The third-order valence-corrected chi connectivity index (χ3v) is 16.0. The molecule has 0 fully saturated rings. The number of benzene rings is 1. The van der Waals surface area contributed by atoms with Gasteiger partial charge in [-0.3, -0.25) is 0 Å². The molecule has 0 aliphatic rings. The summed E-state index contributed by atoms with van der Waals surface area (Å²) in [6.07, 6.45) is 0. The highest BCUT2D eigenvalue weighted by Gasteiger charge is 2.65. The van der Waals surface area contributed by atoms with E-state index in [-0.39, 0.29) is 5.56 Å². The minimum atomic E-state index is -2.62. The maximum atomic E-state index is 6.46. The Morgan fingerprint density at radius 3 is 0.806 bits per heavy atom. The van der Waals surface area contributed by atoms with Gasteiger partial charge in [-0.1, -0.05) is 244 Å². The van der Waals surface area contributed by atoms with Crippen molar-refractivity contribution in [3.8, 4) is 0 Å². The van der Waals surface area contributed by atoms with E-state index in [1.165, 1.54) is 0 Å². The van der Waals surface area contributed by atoms with Gasteiger partial charge in [-0.25, -0.2) is 0 Å². The summed E-state index contributed by atoms with van der Waals surface area (Å²) < 4.78 is -23.1. The molecule has 209 valence electrons. The highest BCUT2D eigenvalue weighted by atomic mass is 35.6. The van der Waals surface area contributed by atoms with Crippen LogP contribution in [0.2, 0.25) is 0 Å². The molecule has 0 spiro atoms. The van der Waals surface area contributed by atoms with Crippen molar-refractivity contribution in [3.05, 3.63) is 34.9 Å². The summed E-state index contributed by atoms with van der Waals surface area (Å²) in [7, 11) is 0. The fraction of sp³-hybridized carbons (Fsp3) is 0.600. The van der Waals surface area contributed by atoms with E-state index in [0.29, 0.717) is 0 Å². The van der Waals surface area contributed by atoms with E-state index in [0.717, 1.165) is 12.1 Å². The van der Waals surface area contributed by atoms with Crippen LogP contribution < -0.4 is 0 Å². The third-order valence-electron chi connectivity index (χ3n) is 4.16. The van der Waals surface area contributed by atoms with Crippen LogP contribution in [0.15, 0.2) is 12.1 Å². The molecule has 0 N–H and O–H groups in total. The minimum absolute atomic E-state index is 0.371. The van der Waals surface area contributed by atoms with E-state index < -0.39 is 48.5 Å². The number of halogens is 21. The molecule has 0 aromatic heterocycles. The molecule has 0 heterocycles. The molecule has 0 aliphatic carbocycles. The van der Waals surface area contributed by atoms with Crippen LogP contribution in [-0.4, -0.2) is 24.4 Å². The fourth-order valence-electron chi connectivity index (χ4n) is 2.14. The summed E-state index contributed by atoms with van der Waals surface area (Å²) >= 11 is 129. The second-order valence-electron chi connectivity index (χ2n) is 6.64. The van der Waals surface area contributed by atoms with Crippen LogP contribution in [0.3, 0.4) is 0 Å². The Bertz CT molecular complexity index is 821. The van der Waals surface area contributed by atoms with Crippen molar-refractivity contribution >= 4 is 244 Å². The van der Waals surface area contributed by atoms with E-state index in [1.54, 1.807) is 0 Å². The lowest BCUT2D eigenvalue weighted by atomic mass is 9.95. The standard InChI is InChI=1S/C15H2Cl21/c16-7(17,10(22,23)13(28,29)30)4-1-5(8(18,19)11(24,25)14(31,32)33)3-6(2-4)9(20,21)12(26,27)15(34,35)36/h1-2H. The Morgan fingerprint density at radius 1 is 0.361 bits per heavy atom. The molecule has 0 bridgehead atoms. The normalized spacial score (nSPS) is 15.9. The Labute approximate surface area is 311 Å². The van der Waals surface area contributed by atoms with E-state index in [9.17, 15) is 0 Å². The highest BCUT2D eigenvalue weighted by molar-refractivity contribution is 6.80. The van der Waals surface area contributed by atoms with E-state index in [2.05, 4.69) is 6.07 Å². The molecule has 0 amide bonds. The molecular formula is C15H2Cl21. The van der Waals surface area contributed by atoms with Crippen LogP contribution in [-0.2, 0) is 13.0 Å². The van der Waals surface area contributed by atoms with E-state index in [4.69, 9.17) is 244 Å². The van der Waals surface area contributed by atoms with Gasteiger partial charge in [-0.2, -0.15) is 0 Å². The summed E-state index contributed by atoms with van der Waals surface area (Å²) in [4.78, 5) is 0.